The van der Waals surface area contributed by atoms with Crippen LogP contribution in [-0.2, 0) is 4.79 Å². The van der Waals surface area contributed by atoms with E-state index in [1.807, 2.05) is 24.3 Å². The molecule has 84 valence electrons. The van der Waals surface area contributed by atoms with Crippen LogP contribution in [0.4, 0.5) is 10.5 Å². The average molecular weight is 227 g/mol. The molecule has 1 aliphatic rings. The van der Waals surface area contributed by atoms with Crippen molar-refractivity contribution in [2.24, 2.45) is 0 Å². The first-order valence-corrected chi connectivity index (χ1v) is 5.20. The SMILES string of the molecule is O=C1CN(c2ccc3ncccc3c2)C(=O)N1. The highest BCUT2D eigenvalue weighted by molar-refractivity contribution is 6.12. The van der Waals surface area contributed by atoms with E-state index in [9.17, 15) is 9.59 Å². The number of anilines is 1. The number of hydrogen-bond acceptors (Lipinski definition) is 3. The summed E-state index contributed by atoms with van der Waals surface area (Å²) in [6.07, 6.45) is 1.72. The van der Waals surface area contributed by atoms with Gasteiger partial charge in [-0.05, 0) is 24.3 Å². The lowest BCUT2D eigenvalue weighted by molar-refractivity contribution is -0.117. The van der Waals surface area contributed by atoms with Crippen LogP contribution < -0.4 is 10.2 Å². The molecule has 2 aromatic rings. The van der Waals surface area contributed by atoms with Gasteiger partial charge in [-0.1, -0.05) is 6.07 Å². The molecule has 0 unspecified atom stereocenters. The van der Waals surface area contributed by atoms with Crippen LogP contribution in [0.2, 0.25) is 0 Å². The zero-order chi connectivity index (χ0) is 11.8. The van der Waals surface area contributed by atoms with Gasteiger partial charge < -0.3 is 0 Å². The molecule has 0 radical (unpaired) electrons. The average Bonchev–Trinajstić information content (AvgIpc) is 2.68. The largest absolute Gasteiger partial charge is 0.329 e. The zero-order valence-corrected chi connectivity index (χ0v) is 8.88. The molecule has 5 nitrogen and oxygen atoms in total. The lowest BCUT2D eigenvalue weighted by Crippen LogP contribution is -2.27. The number of rotatable bonds is 1. The van der Waals surface area contributed by atoms with Crippen molar-refractivity contribution in [1.82, 2.24) is 10.3 Å². The van der Waals surface area contributed by atoms with Crippen molar-refractivity contribution in [3.63, 3.8) is 0 Å². The fourth-order valence-corrected chi connectivity index (χ4v) is 1.88. The number of hydrogen-bond donors (Lipinski definition) is 1. The van der Waals surface area contributed by atoms with Crippen LogP contribution in [0.3, 0.4) is 0 Å². The van der Waals surface area contributed by atoms with E-state index in [-0.39, 0.29) is 18.5 Å². The minimum atomic E-state index is -0.377. The molecule has 0 aliphatic carbocycles. The molecule has 1 N–H and O–H groups in total. The standard InChI is InChI=1S/C12H9N3O2/c16-11-7-15(12(17)14-11)9-3-4-10-8(6-9)2-1-5-13-10/h1-6H,7H2,(H,14,16,17). The van der Waals surface area contributed by atoms with Crippen LogP contribution in [0, 0.1) is 0 Å². The van der Waals surface area contributed by atoms with Gasteiger partial charge in [0, 0.05) is 17.3 Å². The maximum Gasteiger partial charge on any atom is 0.329 e. The molecule has 0 spiro atoms. The van der Waals surface area contributed by atoms with Gasteiger partial charge in [0.2, 0.25) is 5.91 Å². The number of pyridine rings is 1. The molecule has 0 atom stereocenters. The first-order chi connectivity index (χ1) is 8.24. The van der Waals surface area contributed by atoms with E-state index in [2.05, 4.69) is 10.3 Å². The Hall–Kier alpha value is -2.43. The molecule has 1 aromatic carbocycles. The third-order valence-corrected chi connectivity index (χ3v) is 2.69. The number of nitrogens with zero attached hydrogens (tertiary/aromatic N) is 2. The minimum absolute atomic E-state index is 0.0740. The highest BCUT2D eigenvalue weighted by Gasteiger charge is 2.27. The fourth-order valence-electron chi connectivity index (χ4n) is 1.88. The predicted octanol–water partition coefficient (Wildman–Crippen LogP) is 1.29. The van der Waals surface area contributed by atoms with Crippen molar-refractivity contribution in [2.75, 3.05) is 11.4 Å². The topological polar surface area (TPSA) is 62.3 Å². The molecule has 0 saturated carbocycles. The van der Waals surface area contributed by atoms with Crippen LogP contribution in [0.25, 0.3) is 10.9 Å². The Morgan fingerprint density at radius 2 is 2.12 bits per heavy atom. The third-order valence-electron chi connectivity index (χ3n) is 2.69. The maximum absolute atomic E-state index is 11.5. The Balaban J connectivity index is 2.06. The van der Waals surface area contributed by atoms with E-state index >= 15 is 0 Å². The number of nitrogens with one attached hydrogen (secondary N) is 1. The molecular weight excluding hydrogens is 218 g/mol. The zero-order valence-electron chi connectivity index (χ0n) is 8.88. The van der Waals surface area contributed by atoms with Crippen molar-refractivity contribution in [2.45, 2.75) is 0 Å². The van der Waals surface area contributed by atoms with E-state index < -0.39 is 0 Å². The predicted molar refractivity (Wildman–Crippen MR) is 62.6 cm³/mol. The van der Waals surface area contributed by atoms with Crippen molar-refractivity contribution in [3.8, 4) is 0 Å². The quantitative estimate of drug-likeness (QED) is 0.747. The highest BCUT2D eigenvalue weighted by Crippen LogP contribution is 2.22. The summed E-state index contributed by atoms with van der Waals surface area (Å²) in [6, 6.07) is 8.84. The maximum atomic E-state index is 11.5. The lowest BCUT2D eigenvalue weighted by Gasteiger charge is -2.13. The van der Waals surface area contributed by atoms with Crippen LogP contribution in [-0.4, -0.2) is 23.5 Å². The summed E-state index contributed by atoms with van der Waals surface area (Å²) in [5.74, 6) is -0.277. The van der Waals surface area contributed by atoms with Crippen molar-refractivity contribution < 1.29 is 9.59 Å². The molecule has 1 aliphatic heterocycles. The molecule has 1 saturated heterocycles. The Bertz CT molecular complexity index is 624. The monoisotopic (exact) mass is 227 g/mol. The lowest BCUT2D eigenvalue weighted by atomic mass is 10.2. The summed E-state index contributed by atoms with van der Waals surface area (Å²) < 4.78 is 0. The minimum Gasteiger partial charge on any atom is -0.285 e. The summed E-state index contributed by atoms with van der Waals surface area (Å²) in [6.45, 7) is 0.0740. The van der Waals surface area contributed by atoms with Crippen LogP contribution in [0.5, 0.6) is 0 Å². The van der Waals surface area contributed by atoms with Gasteiger partial charge in [-0.15, -0.1) is 0 Å². The third kappa shape index (κ3) is 1.61. The molecule has 3 rings (SSSR count). The molecular formula is C12H9N3O2. The van der Waals surface area contributed by atoms with Gasteiger partial charge in [-0.3, -0.25) is 20.0 Å². The molecule has 1 aromatic heterocycles. The molecule has 1 fully saturated rings. The highest BCUT2D eigenvalue weighted by atomic mass is 16.2. The Morgan fingerprint density at radius 3 is 2.88 bits per heavy atom. The van der Waals surface area contributed by atoms with E-state index in [1.54, 1.807) is 12.3 Å². The van der Waals surface area contributed by atoms with E-state index in [1.165, 1.54) is 4.90 Å². The number of carbonyl (C=O) groups excluding carboxylic acids is 2. The van der Waals surface area contributed by atoms with Gasteiger partial charge in [0.15, 0.2) is 0 Å². The number of carbonyl (C=O) groups is 2. The van der Waals surface area contributed by atoms with Crippen molar-refractivity contribution in [3.05, 3.63) is 36.5 Å². The van der Waals surface area contributed by atoms with Gasteiger partial charge in [-0.25, -0.2) is 4.79 Å². The second kappa shape index (κ2) is 3.55. The summed E-state index contributed by atoms with van der Waals surface area (Å²) in [5, 5.41) is 3.19. The molecule has 5 heteroatoms. The van der Waals surface area contributed by atoms with Crippen molar-refractivity contribution in [1.29, 1.82) is 0 Å². The Kier molecular flexibility index (Phi) is 2.04. The van der Waals surface area contributed by atoms with Gasteiger partial charge in [0.25, 0.3) is 0 Å². The smallest absolute Gasteiger partial charge is 0.285 e. The fraction of sp³-hybridized carbons (Fsp3) is 0.0833. The van der Waals surface area contributed by atoms with Crippen LogP contribution in [0.1, 0.15) is 0 Å². The first kappa shape index (κ1) is 9.77. The van der Waals surface area contributed by atoms with Gasteiger partial charge in [0.1, 0.15) is 6.54 Å². The number of aromatic nitrogens is 1. The second-order valence-electron chi connectivity index (χ2n) is 3.82. The number of benzene rings is 1. The summed E-state index contributed by atoms with van der Waals surface area (Å²) in [4.78, 5) is 28.2. The molecule has 0 bridgehead atoms. The first-order valence-electron chi connectivity index (χ1n) is 5.20. The summed E-state index contributed by atoms with van der Waals surface area (Å²) in [7, 11) is 0. The summed E-state index contributed by atoms with van der Waals surface area (Å²) >= 11 is 0. The van der Waals surface area contributed by atoms with E-state index in [0.717, 1.165) is 10.9 Å². The second-order valence-corrected chi connectivity index (χ2v) is 3.82. The number of urea groups is 1. The van der Waals surface area contributed by atoms with E-state index in [4.69, 9.17) is 0 Å². The summed E-state index contributed by atoms with van der Waals surface area (Å²) in [5.41, 5.74) is 1.57. The van der Waals surface area contributed by atoms with Crippen LogP contribution in [0.15, 0.2) is 36.5 Å². The molecule has 2 heterocycles. The number of fused-ring (bicyclic) bond motifs is 1. The Morgan fingerprint density at radius 1 is 1.24 bits per heavy atom. The van der Waals surface area contributed by atoms with Crippen LogP contribution >= 0.6 is 0 Å². The van der Waals surface area contributed by atoms with Gasteiger partial charge >= 0.3 is 6.03 Å². The molecule has 17 heavy (non-hydrogen) atoms. The number of imide groups is 1. The normalized spacial score (nSPS) is 15.4. The molecule has 3 amide bonds. The van der Waals surface area contributed by atoms with Gasteiger partial charge in [0.05, 0.1) is 5.52 Å². The van der Waals surface area contributed by atoms with Crippen molar-refractivity contribution >= 4 is 28.5 Å². The Labute approximate surface area is 97.1 Å². The number of amides is 3. The van der Waals surface area contributed by atoms with Gasteiger partial charge in [-0.2, -0.15) is 0 Å². The van der Waals surface area contributed by atoms with E-state index in [0.29, 0.717) is 5.69 Å².